The second-order valence-electron chi connectivity index (χ2n) is 7.73. The third-order valence-electron chi connectivity index (χ3n) is 6.46. The van der Waals surface area contributed by atoms with Crippen molar-refractivity contribution < 1.29 is 9.47 Å². The maximum Gasteiger partial charge on any atom is 0.123 e. The van der Waals surface area contributed by atoms with Crippen molar-refractivity contribution in [2.24, 2.45) is 11.8 Å². The highest BCUT2D eigenvalue weighted by Gasteiger charge is 2.42. The second-order valence-corrected chi connectivity index (χ2v) is 7.73. The Labute approximate surface area is 145 Å². The summed E-state index contributed by atoms with van der Waals surface area (Å²) in [5.41, 5.74) is 1.23. The number of ether oxygens (including phenoxy) is 2. The third kappa shape index (κ3) is 3.14. The quantitative estimate of drug-likeness (QED) is 0.828. The van der Waals surface area contributed by atoms with Gasteiger partial charge in [-0.2, -0.15) is 0 Å². The molecule has 2 saturated carbocycles. The zero-order chi connectivity index (χ0) is 16.5. The molecule has 0 amide bonds. The van der Waals surface area contributed by atoms with Crippen LogP contribution in [0.15, 0.2) is 18.2 Å². The van der Waals surface area contributed by atoms with Crippen LogP contribution in [0.5, 0.6) is 11.5 Å². The number of hydrogen-bond donors (Lipinski definition) is 0. The van der Waals surface area contributed by atoms with E-state index in [1.54, 1.807) is 14.2 Å². The number of nitrogens with zero attached hydrogens (tertiary/aromatic N) is 2. The lowest BCUT2D eigenvalue weighted by atomic mass is 9.93. The molecule has 24 heavy (non-hydrogen) atoms. The summed E-state index contributed by atoms with van der Waals surface area (Å²) in [5.74, 6) is 3.91. The van der Waals surface area contributed by atoms with Gasteiger partial charge in [0, 0.05) is 44.3 Å². The van der Waals surface area contributed by atoms with E-state index >= 15 is 0 Å². The third-order valence-corrected chi connectivity index (χ3v) is 6.46. The van der Waals surface area contributed by atoms with Gasteiger partial charge in [-0.25, -0.2) is 0 Å². The lowest BCUT2D eigenvalue weighted by Gasteiger charge is -2.41. The number of rotatable bonds is 5. The summed E-state index contributed by atoms with van der Waals surface area (Å²) in [4.78, 5) is 5.34. The molecular formula is C20H30N2O2. The van der Waals surface area contributed by atoms with Gasteiger partial charge in [-0.15, -0.1) is 0 Å². The van der Waals surface area contributed by atoms with Gasteiger partial charge in [0.2, 0.25) is 0 Å². The average molecular weight is 330 g/mol. The van der Waals surface area contributed by atoms with Crippen LogP contribution in [0.4, 0.5) is 0 Å². The van der Waals surface area contributed by atoms with Gasteiger partial charge in [0.05, 0.1) is 14.2 Å². The first-order chi connectivity index (χ1) is 11.8. The van der Waals surface area contributed by atoms with Gasteiger partial charge in [0.1, 0.15) is 11.5 Å². The minimum absolute atomic E-state index is 0.886. The van der Waals surface area contributed by atoms with Crippen LogP contribution in [0.3, 0.4) is 0 Å². The van der Waals surface area contributed by atoms with Crippen molar-refractivity contribution in [2.45, 2.75) is 38.3 Å². The maximum atomic E-state index is 5.53. The van der Waals surface area contributed by atoms with Crippen molar-refractivity contribution in [3.05, 3.63) is 23.8 Å². The van der Waals surface area contributed by atoms with Crippen molar-refractivity contribution in [2.75, 3.05) is 40.4 Å². The van der Waals surface area contributed by atoms with E-state index in [1.165, 1.54) is 44.3 Å². The number of hydrogen-bond acceptors (Lipinski definition) is 4. The summed E-state index contributed by atoms with van der Waals surface area (Å²) >= 11 is 0. The Hall–Kier alpha value is -1.26. The number of piperazine rings is 1. The van der Waals surface area contributed by atoms with E-state index in [0.717, 1.165) is 49.0 Å². The molecule has 0 spiro atoms. The summed E-state index contributed by atoms with van der Waals surface area (Å²) in [7, 11) is 3.47. The molecule has 3 aliphatic rings. The van der Waals surface area contributed by atoms with E-state index in [9.17, 15) is 0 Å². The maximum absolute atomic E-state index is 5.53. The molecule has 1 aromatic rings. The molecule has 1 saturated heterocycles. The van der Waals surface area contributed by atoms with Crippen molar-refractivity contribution in [1.82, 2.24) is 9.80 Å². The van der Waals surface area contributed by atoms with E-state index in [4.69, 9.17) is 9.47 Å². The van der Waals surface area contributed by atoms with E-state index < -0.39 is 0 Å². The van der Waals surface area contributed by atoms with Gasteiger partial charge < -0.3 is 9.47 Å². The lowest BCUT2D eigenvalue weighted by Crippen LogP contribution is -2.51. The van der Waals surface area contributed by atoms with E-state index in [2.05, 4.69) is 15.9 Å². The van der Waals surface area contributed by atoms with Gasteiger partial charge in [-0.1, -0.05) is 6.42 Å². The van der Waals surface area contributed by atoms with Crippen LogP contribution in [0.2, 0.25) is 0 Å². The van der Waals surface area contributed by atoms with Crippen LogP contribution in [0.1, 0.15) is 31.2 Å². The van der Waals surface area contributed by atoms with Crippen molar-refractivity contribution >= 4 is 0 Å². The smallest absolute Gasteiger partial charge is 0.123 e. The summed E-state index contributed by atoms with van der Waals surface area (Å²) in [6.07, 6.45) is 5.95. The van der Waals surface area contributed by atoms with E-state index in [0.29, 0.717) is 0 Å². The van der Waals surface area contributed by atoms with Gasteiger partial charge in [-0.05, 0) is 49.3 Å². The topological polar surface area (TPSA) is 24.9 Å². The van der Waals surface area contributed by atoms with Crippen molar-refractivity contribution in [3.8, 4) is 11.5 Å². The van der Waals surface area contributed by atoms with Crippen LogP contribution >= 0.6 is 0 Å². The Morgan fingerprint density at radius 2 is 1.83 bits per heavy atom. The Kier molecular flexibility index (Phi) is 4.68. The predicted octanol–water partition coefficient (Wildman–Crippen LogP) is 3.01. The predicted molar refractivity (Wildman–Crippen MR) is 95.6 cm³/mol. The molecule has 0 radical (unpaired) electrons. The Morgan fingerprint density at radius 1 is 1.00 bits per heavy atom. The molecule has 0 unspecified atom stereocenters. The molecule has 1 heterocycles. The number of benzene rings is 1. The molecule has 4 rings (SSSR count). The zero-order valence-corrected chi connectivity index (χ0v) is 15.0. The largest absolute Gasteiger partial charge is 0.497 e. The van der Waals surface area contributed by atoms with Gasteiger partial charge in [-0.3, -0.25) is 9.80 Å². The summed E-state index contributed by atoms with van der Waals surface area (Å²) in [6.45, 7) is 5.72. The summed E-state index contributed by atoms with van der Waals surface area (Å²) < 4.78 is 10.9. The molecule has 2 aliphatic carbocycles. The van der Waals surface area contributed by atoms with Gasteiger partial charge >= 0.3 is 0 Å². The number of fused-ring (bicyclic) bond motifs is 2. The van der Waals surface area contributed by atoms with E-state index in [-0.39, 0.29) is 0 Å². The molecule has 3 atom stereocenters. The molecule has 1 aromatic carbocycles. The highest BCUT2D eigenvalue weighted by Crippen LogP contribution is 2.46. The van der Waals surface area contributed by atoms with Crippen LogP contribution in [0, 0.1) is 11.8 Å². The molecule has 1 aliphatic heterocycles. The molecule has 132 valence electrons. The van der Waals surface area contributed by atoms with Crippen molar-refractivity contribution in [3.63, 3.8) is 0 Å². The fourth-order valence-corrected chi connectivity index (χ4v) is 5.16. The second kappa shape index (κ2) is 6.93. The minimum atomic E-state index is 0.886. The lowest BCUT2D eigenvalue weighted by molar-refractivity contribution is 0.0676. The average Bonchev–Trinajstić information content (AvgIpc) is 3.25. The fraction of sp³-hybridized carbons (Fsp3) is 0.700. The first-order valence-corrected chi connectivity index (χ1v) is 9.44. The van der Waals surface area contributed by atoms with Crippen LogP contribution in [0.25, 0.3) is 0 Å². The molecule has 3 fully saturated rings. The highest BCUT2D eigenvalue weighted by molar-refractivity contribution is 5.40. The van der Waals surface area contributed by atoms with Crippen molar-refractivity contribution in [1.29, 1.82) is 0 Å². The number of methoxy groups -OCH3 is 2. The molecule has 2 bridgehead atoms. The minimum Gasteiger partial charge on any atom is -0.497 e. The van der Waals surface area contributed by atoms with Gasteiger partial charge in [0.15, 0.2) is 0 Å². The van der Waals surface area contributed by atoms with Crippen LogP contribution in [-0.4, -0.2) is 56.2 Å². The SMILES string of the molecule is COc1ccc(OC)c(CN2CCN([C@H]3C[C@H]4CC[C@@H]3C4)CC2)c1. The Morgan fingerprint density at radius 3 is 2.46 bits per heavy atom. The summed E-state index contributed by atoms with van der Waals surface area (Å²) in [6, 6.07) is 6.98. The van der Waals surface area contributed by atoms with Crippen LogP contribution < -0.4 is 9.47 Å². The van der Waals surface area contributed by atoms with E-state index in [1.807, 2.05) is 12.1 Å². The first-order valence-electron chi connectivity index (χ1n) is 9.44. The monoisotopic (exact) mass is 330 g/mol. The Bertz CT molecular complexity index is 569. The molecule has 4 heteroatoms. The molecule has 4 nitrogen and oxygen atoms in total. The standard InChI is InChI=1S/C20H30N2O2/c1-23-18-5-6-20(24-2)17(13-18)14-21-7-9-22(10-8-21)19-12-15-3-4-16(19)11-15/h5-6,13,15-16,19H,3-4,7-12,14H2,1-2H3/t15-,16+,19-/m0/s1. The highest BCUT2D eigenvalue weighted by atomic mass is 16.5. The molecule has 0 aromatic heterocycles. The molecule has 0 N–H and O–H groups in total. The fourth-order valence-electron chi connectivity index (χ4n) is 5.16. The van der Waals surface area contributed by atoms with Gasteiger partial charge in [0.25, 0.3) is 0 Å². The van der Waals surface area contributed by atoms with Crippen LogP contribution in [-0.2, 0) is 6.54 Å². The summed E-state index contributed by atoms with van der Waals surface area (Å²) in [5, 5.41) is 0. The molecular weight excluding hydrogens is 300 g/mol. The Balaban J connectivity index is 1.35. The first kappa shape index (κ1) is 16.2. The normalized spacial score (nSPS) is 30.7. The zero-order valence-electron chi connectivity index (χ0n) is 15.0.